The molecule has 36 heavy (non-hydrogen) atoms. The number of esters is 1. The zero-order valence-corrected chi connectivity index (χ0v) is 19.3. The first kappa shape index (κ1) is 23.0. The van der Waals surface area contributed by atoms with Crippen LogP contribution in [0.25, 0.3) is 6.08 Å². The van der Waals surface area contributed by atoms with E-state index in [1.165, 1.54) is 31.4 Å². The Hall–Kier alpha value is -4.77. The Balaban J connectivity index is 1.80. The smallest absolute Gasteiger partial charge is 0.329 e. The Morgan fingerprint density at radius 3 is 2.47 bits per heavy atom. The number of carbonyl (C=O) groups is 2. The molecule has 0 bridgehead atoms. The quantitative estimate of drug-likeness (QED) is 0.229. The summed E-state index contributed by atoms with van der Waals surface area (Å²) in [6, 6.07) is 22.3. The summed E-state index contributed by atoms with van der Waals surface area (Å²) in [5.41, 5.74) is 0.297. The van der Waals surface area contributed by atoms with Crippen LogP contribution in [0.15, 0.2) is 84.9 Å². The van der Waals surface area contributed by atoms with Gasteiger partial charge in [0.15, 0.2) is 11.2 Å². The summed E-state index contributed by atoms with van der Waals surface area (Å²) >= 11 is 0. The van der Waals surface area contributed by atoms with Gasteiger partial charge in [0.25, 0.3) is 5.69 Å². The highest BCUT2D eigenvalue weighted by Crippen LogP contribution is 2.56. The Bertz CT molecular complexity index is 1440. The first-order valence-corrected chi connectivity index (χ1v) is 11.3. The number of benzene rings is 3. The lowest BCUT2D eigenvalue weighted by Gasteiger charge is -2.36. The normalized spacial score (nSPS) is 23.8. The number of hydrogen-bond acceptors (Lipinski definition) is 7. The van der Waals surface area contributed by atoms with E-state index in [9.17, 15) is 25.0 Å². The van der Waals surface area contributed by atoms with Gasteiger partial charge in [-0.25, -0.2) is 0 Å². The van der Waals surface area contributed by atoms with Crippen molar-refractivity contribution in [1.29, 1.82) is 5.26 Å². The lowest BCUT2D eigenvalue weighted by Crippen LogP contribution is -2.46. The average Bonchev–Trinajstić information content (AvgIpc) is 3.24. The molecule has 1 saturated heterocycles. The molecule has 0 aliphatic carbocycles. The van der Waals surface area contributed by atoms with Gasteiger partial charge in [-0.15, -0.1) is 0 Å². The molecule has 0 unspecified atom stereocenters. The van der Waals surface area contributed by atoms with Gasteiger partial charge in [-0.2, -0.15) is 5.26 Å². The average molecular weight is 479 g/mol. The lowest BCUT2D eigenvalue weighted by atomic mass is 9.68. The van der Waals surface area contributed by atoms with E-state index in [1.54, 1.807) is 35.2 Å². The minimum absolute atomic E-state index is 0.125. The van der Waals surface area contributed by atoms with Crippen LogP contribution in [0.2, 0.25) is 0 Å². The van der Waals surface area contributed by atoms with Crippen molar-refractivity contribution in [2.45, 2.75) is 18.0 Å². The first-order valence-electron chi connectivity index (χ1n) is 11.3. The molecule has 8 nitrogen and oxygen atoms in total. The number of anilines is 1. The number of nitro groups is 1. The molecule has 0 radical (unpaired) electrons. The van der Waals surface area contributed by atoms with E-state index in [0.29, 0.717) is 11.3 Å². The second-order valence-electron chi connectivity index (χ2n) is 8.75. The molecule has 0 saturated carbocycles. The number of nitrogens with zero attached hydrogens (tertiary/aromatic N) is 3. The molecule has 2 aliphatic heterocycles. The number of nitriles is 1. The van der Waals surface area contributed by atoms with Crippen LogP contribution in [0.1, 0.15) is 27.4 Å². The fourth-order valence-corrected chi connectivity index (χ4v) is 5.51. The van der Waals surface area contributed by atoms with Gasteiger partial charge in [0.2, 0.25) is 0 Å². The fourth-order valence-electron chi connectivity index (χ4n) is 5.51. The minimum atomic E-state index is -1.75. The summed E-state index contributed by atoms with van der Waals surface area (Å²) in [5, 5.41) is 22.0. The van der Waals surface area contributed by atoms with E-state index in [4.69, 9.17) is 4.74 Å². The van der Waals surface area contributed by atoms with E-state index in [2.05, 4.69) is 6.07 Å². The molecule has 5 rings (SSSR count). The number of ether oxygens (including phenoxy) is 1. The van der Waals surface area contributed by atoms with Gasteiger partial charge in [-0.1, -0.05) is 72.8 Å². The second kappa shape index (κ2) is 8.78. The molecule has 4 atom stereocenters. The molecular weight excluding hydrogens is 458 g/mol. The minimum Gasteiger partial charge on any atom is -0.468 e. The fraction of sp³-hybridized carbons (Fsp3) is 0.179. The monoisotopic (exact) mass is 479 g/mol. The number of ketones is 1. The van der Waals surface area contributed by atoms with Crippen LogP contribution in [0, 0.1) is 26.9 Å². The summed E-state index contributed by atoms with van der Waals surface area (Å²) in [4.78, 5) is 40.4. The van der Waals surface area contributed by atoms with Crippen molar-refractivity contribution in [2.75, 3.05) is 12.0 Å². The number of fused-ring (bicyclic) bond motifs is 3. The maximum Gasteiger partial charge on any atom is 0.329 e. The molecule has 178 valence electrons. The lowest BCUT2D eigenvalue weighted by molar-refractivity contribution is -0.384. The highest BCUT2D eigenvalue weighted by molar-refractivity contribution is 6.06. The number of Topliss-reactive ketones (excluding diaryl/α,β-unsaturated/α-hetero) is 1. The molecule has 3 aromatic rings. The van der Waals surface area contributed by atoms with Gasteiger partial charge in [-0.3, -0.25) is 19.7 Å². The van der Waals surface area contributed by atoms with Gasteiger partial charge in [0, 0.05) is 29.3 Å². The Labute approximate surface area is 207 Å². The number of methoxy groups -OCH3 is 1. The zero-order valence-electron chi connectivity index (χ0n) is 19.3. The Kier molecular flexibility index (Phi) is 5.61. The molecular formula is C28H21N3O5. The van der Waals surface area contributed by atoms with E-state index in [0.717, 1.165) is 5.56 Å². The van der Waals surface area contributed by atoms with Crippen molar-refractivity contribution in [3.8, 4) is 6.07 Å². The molecule has 0 spiro atoms. The highest BCUT2D eigenvalue weighted by Gasteiger charge is 2.67. The topological polar surface area (TPSA) is 114 Å². The number of non-ortho nitro benzene ring substituents is 1. The van der Waals surface area contributed by atoms with Crippen LogP contribution < -0.4 is 4.90 Å². The SMILES string of the molecule is COC(=O)[C@]1(C#N)[C@@H]2C=Cc3ccccc3N2[C@H](C(=O)c2cccc([N+](=O)[O-])c2)[C@@H]1c1ccccc1. The summed E-state index contributed by atoms with van der Waals surface area (Å²) in [5.74, 6) is -2.08. The van der Waals surface area contributed by atoms with E-state index in [-0.39, 0.29) is 11.3 Å². The number of rotatable bonds is 5. The van der Waals surface area contributed by atoms with Crippen molar-refractivity contribution in [1.82, 2.24) is 0 Å². The molecule has 0 N–H and O–H groups in total. The van der Waals surface area contributed by atoms with Crippen LogP contribution in [0.4, 0.5) is 11.4 Å². The number of hydrogen-bond donors (Lipinski definition) is 0. The van der Waals surface area contributed by atoms with E-state index < -0.39 is 40.1 Å². The van der Waals surface area contributed by atoms with Crippen LogP contribution >= 0.6 is 0 Å². The van der Waals surface area contributed by atoms with Gasteiger partial charge in [-0.05, 0) is 17.2 Å². The largest absolute Gasteiger partial charge is 0.468 e. The predicted molar refractivity (Wildman–Crippen MR) is 132 cm³/mol. The molecule has 1 fully saturated rings. The molecule has 2 heterocycles. The summed E-state index contributed by atoms with van der Waals surface area (Å²) < 4.78 is 5.18. The van der Waals surface area contributed by atoms with Crippen molar-refractivity contribution < 1.29 is 19.2 Å². The van der Waals surface area contributed by atoms with Crippen LogP contribution in [-0.2, 0) is 9.53 Å². The maximum atomic E-state index is 14.2. The van der Waals surface area contributed by atoms with Gasteiger partial charge in [0.1, 0.15) is 6.04 Å². The molecule has 2 aliphatic rings. The third-order valence-corrected chi connectivity index (χ3v) is 7.02. The summed E-state index contributed by atoms with van der Waals surface area (Å²) in [6.07, 6.45) is 3.60. The Morgan fingerprint density at radius 2 is 1.78 bits per heavy atom. The number of carbonyl (C=O) groups excluding carboxylic acids is 2. The number of para-hydroxylation sites is 1. The molecule has 8 heteroatoms. The first-order chi connectivity index (χ1) is 17.4. The maximum absolute atomic E-state index is 14.2. The Morgan fingerprint density at radius 1 is 1.06 bits per heavy atom. The number of nitro benzene ring substituents is 1. The van der Waals surface area contributed by atoms with Gasteiger partial charge >= 0.3 is 5.97 Å². The highest BCUT2D eigenvalue weighted by atomic mass is 16.6. The van der Waals surface area contributed by atoms with Crippen LogP contribution in [-0.4, -0.2) is 35.9 Å². The second-order valence-corrected chi connectivity index (χ2v) is 8.75. The van der Waals surface area contributed by atoms with E-state index >= 15 is 0 Å². The van der Waals surface area contributed by atoms with Gasteiger partial charge in [0.05, 0.1) is 24.1 Å². The summed E-state index contributed by atoms with van der Waals surface area (Å²) in [7, 11) is 1.23. The molecule has 3 aromatic carbocycles. The van der Waals surface area contributed by atoms with E-state index in [1.807, 2.05) is 36.4 Å². The van der Waals surface area contributed by atoms with Crippen molar-refractivity contribution in [3.05, 3.63) is 112 Å². The zero-order chi connectivity index (χ0) is 25.4. The van der Waals surface area contributed by atoms with Crippen molar-refractivity contribution in [3.63, 3.8) is 0 Å². The summed E-state index contributed by atoms with van der Waals surface area (Å²) in [6.45, 7) is 0. The van der Waals surface area contributed by atoms with Crippen molar-refractivity contribution >= 4 is 29.2 Å². The third-order valence-electron chi connectivity index (χ3n) is 7.02. The molecule has 0 amide bonds. The van der Waals surface area contributed by atoms with Crippen molar-refractivity contribution in [2.24, 2.45) is 5.41 Å². The molecule has 0 aromatic heterocycles. The van der Waals surface area contributed by atoms with Gasteiger partial charge < -0.3 is 9.64 Å². The third kappa shape index (κ3) is 3.28. The van der Waals surface area contributed by atoms with Crippen LogP contribution in [0.3, 0.4) is 0 Å². The predicted octanol–water partition coefficient (Wildman–Crippen LogP) is 4.53. The van der Waals surface area contributed by atoms with Crippen LogP contribution in [0.5, 0.6) is 0 Å². The standard InChI is InChI=1S/C28H21N3O5/c1-36-27(33)28(17-29)23-15-14-18-8-5-6-13-22(18)30(23)25(24(28)19-9-3-2-4-10-19)26(32)20-11-7-12-21(16-20)31(34)35/h2-16,23-25H,1H3/t23-,24-,25-,28+/m0/s1.